The van der Waals surface area contributed by atoms with Gasteiger partial charge in [-0.25, -0.2) is 0 Å². The SMILES string of the molecule is COc1ccccc1C(=O)C=Cc1ccccc1C. The minimum atomic E-state index is -0.0549. The van der Waals surface area contributed by atoms with E-state index in [9.17, 15) is 4.79 Å². The van der Waals surface area contributed by atoms with Crippen molar-refractivity contribution in [3.63, 3.8) is 0 Å². The van der Waals surface area contributed by atoms with Crippen LogP contribution in [0, 0.1) is 6.92 Å². The lowest BCUT2D eigenvalue weighted by Gasteiger charge is -2.04. The normalized spacial score (nSPS) is 10.6. The van der Waals surface area contributed by atoms with Gasteiger partial charge in [-0.3, -0.25) is 4.79 Å². The fourth-order valence-electron chi connectivity index (χ4n) is 1.88. The zero-order chi connectivity index (χ0) is 13.7. The quantitative estimate of drug-likeness (QED) is 0.609. The van der Waals surface area contributed by atoms with Gasteiger partial charge >= 0.3 is 0 Å². The van der Waals surface area contributed by atoms with Gasteiger partial charge in [0.2, 0.25) is 0 Å². The minimum Gasteiger partial charge on any atom is -0.496 e. The highest BCUT2D eigenvalue weighted by Gasteiger charge is 2.07. The maximum atomic E-state index is 12.1. The van der Waals surface area contributed by atoms with E-state index in [2.05, 4.69) is 0 Å². The van der Waals surface area contributed by atoms with E-state index in [-0.39, 0.29) is 5.78 Å². The first-order valence-electron chi connectivity index (χ1n) is 6.13. The summed E-state index contributed by atoms with van der Waals surface area (Å²) < 4.78 is 5.19. The number of hydrogen-bond donors (Lipinski definition) is 0. The van der Waals surface area contributed by atoms with Crippen LogP contribution < -0.4 is 4.74 Å². The number of allylic oxidation sites excluding steroid dienone is 1. The number of aryl methyl sites for hydroxylation is 1. The van der Waals surface area contributed by atoms with Crippen molar-refractivity contribution >= 4 is 11.9 Å². The highest BCUT2D eigenvalue weighted by atomic mass is 16.5. The molecule has 2 nitrogen and oxygen atoms in total. The molecule has 2 aromatic carbocycles. The molecular weight excluding hydrogens is 236 g/mol. The summed E-state index contributed by atoms with van der Waals surface area (Å²) in [4.78, 5) is 12.1. The number of ketones is 1. The first-order valence-corrected chi connectivity index (χ1v) is 6.13. The zero-order valence-corrected chi connectivity index (χ0v) is 11.1. The van der Waals surface area contributed by atoms with Gasteiger partial charge < -0.3 is 4.74 Å². The number of benzene rings is 2. The zero-order valence-electron chi connectivity index (χ0n) is 11.1. The topological polar surface area (TPSA) is 26.3 Å². The highest BCUT2D eigenvalue weighted by Crippen LogP contribution is 2.19. The lowest BCUT2D eigenvalue weighted by Crippen LogP contribution is -1.98. The molecule has 0 aliphatic rings. The molecular formula is C17H16O2. The number of carbonyl (C=O) groups is 1. The van der Waals surface area contributed by atoms with E-state index in [1.807, 2.05) is 49.4 Å². The summed E-state index contributed by atoms with van der Waals surface area (Å²) in [5.74, 6) is 0.544. The lowest BCUT2D eigenvalue weighted by molar-refractivity contribution is 0.104. The minimum absolute atomic E-state index is 0.0549. The van der Waals surface area contributed by atoms with Crippen molar-refractivity contribution in [2.24, 2.45) is 0 Å². The maximum Gasteiger partial charge on any atom is 0.189 e. The van der Waals surface area contributed by atoms with E-state index in [0.717, 1.165) is 11.1 Å². The Kier molecular flexibility index (Phi) is 4.14. The summed E-state index contributed by atoms with van der Waals surface area (Å²) in [7, 11) is 1.57. The first kappa shape index (κ1) is 13.1. The third-order valence-electron chi connectivity index (χ3n) is 2.98. The largest absolute Gasteiger partial charge is 0.496 e. The van der Waals surface area contributed by atoms with Crippen molar-refractivity contribution < 1.29 is 9.53 Å². The van der Waals surface area contributed by atoms with Crippen molar-refractivity contribution in [2.45, 2.75) is 6.92 Å². The van der Waals surface area contributed by atoms with E-state index in [0.29, 0.717) is 11.3 Å². The van der Waals surface area contributed by atoms with Gasteiger partial charge in [0.25, 0.3) is 0 Å². The summed E-state index contributed by atoms with van der Waals surface area (Å²) in [6.45, 7) is 2.02. The van der Waals surface area contributed by atoms with Crippen molar-refractivity contribution in [2.75, 3.05) is 7.11 Å². The molecule has 0 radical (unpaired) electrons. The molecule has 0 saturated heterocycles. The van der Waals surface area contributed by atoms with Gasteiger partial charge in [-0.15, -0.1) is 0 Å². The number of hydrogen-bond acceptors (Lipinski definition) is 2. The van der Waals surface area contributed by atoms with Crippen molar-refractivity contribution in [3.05, 3.63) is 71.3 Å². The van der Waals surface area contributed by atoms with Gasteiger partial charge in [-0.05, 0) is 36.3 Å². The fraction of sp³-hybridized carbons (Fsp3) is 0.118. The summed E-state index contributed by atoms with van der Waals surface area (Å²) in [5.41, 5.74) is 2.77. The standard InChI is InChI=1S/C17H16O2/c1-13-7-3-4-8-14(13)11-12-16(18)15-9-5-6-10-17(15)19-2/h3-12H,1-2H3. The molecule has 0 atom stereocenters. The van der Waals surface area contributed by atoms with Gasteiger partial charge in [-0.2, -0.15) is 0 Å². The number of rotatable bonds is 4. The van der Waals surface area contributed by atoms with E-state index in [1.165, 1.54) is 0 Å². The van der Waals surface area contributed by atoms with Gasteiger partial charge in [-0.1, -0.05) is 42.5 Å². The van der Waals surface area contributed by atoms with E-state index < -0.39 is 0 Å². The van der Waals surface area contributed by atoms with Crippen LogP contribution in [0.2, 0.25) is 0 Å². The highest BCUT2D eigenvalue weighted by molar-refractivity contribution is 6.08. The number of methoxy groups -OCH3 is 1. The average molecular weight is 252 g/mol. The molecule has 0 heterocycles. The molecule has 2 rings (SSSR count). The molecule has 0 spiro atoms. The van der Waals surface area contributed by atoms with E-state index >= 15 is 0 Å². The molecule has 0 unspecified atom stereocenters. The molecule has 0 N–H and O–H groups in total. The lowest BCUT2D eigenvalue weighted by atomic mass is 10.1. The van der Waals surface area contributed by atoms with Crippen LogP contribution in [0.4, 0.5) is 0 Å². The van der Waals surface area contributed by atoms with Crippen molar-refractivity contribution in [1.29, 1.82) is 0 Å². The van der Waals surface area contributed by atoms with Crippen LogP contribution >= 0.6 is 0 Å². The number of ether oxygens (including phenoxy) is 1. The second-order valence-electron chi connectivity index (χ2n) is 4.25. The van der Waals surface area contributed by atoms with Crippen LogP contribution in [0.3, 0.4) is 0 Å². The summed E-state index contributed by atoms with van der Waals surface area (Å²) in [6.07, 6.45) is 3.42. The van der Waals surface area contributed by atoms with E-state index in [4.69, 9.17) is 4.74 Å². The van der Waals surface area contributed by atoms with Crippen LogP contribution in [0.25, 0.3) is 6.08 Å². The van der Waals surface area contributed by atoms with Crippen molar-refractivity contribution in [1.82, 2.24) is 0 Å². The Hall–Kier alpha value is -2.35. The van der Waals surface area contributed by atoms with Gasteiger partial charge in [0.1, 0.15) is 5.75 Å². The predicted octanol–water partition coefficient (Wildman–Crippen LogP) is 3.90. The monoisotopic (exact) mass is 252 g/mol. The van der Waals surface area contributed by atoms with Crippen molar-refractivity contribution in [3.8, 4) is 5.75 Å². The predicted molar refractivity (Wildman–Crippen MR) is 77.5 cm³/mol. The third-order valence-corrected chi connectivity index (χ3v) is 2.98. The number of carbonyl (C=O) groups excluding carboxylic acids is 1. The Morgan fingerprint density at radius 3 is 2.47 bits per heavy atom. The average Bonchev–Trinajstić information content (AvgIpc) is 2.46. The van der Waals surface area contributed by atoms with Crippen LogP contribution in [-0.2, 0) is 0 Å². The summed E-state index contributed by atoms with van der Waals surface area (Å²) >= 11 is 0. The Bertz CT molecular complexity index is 612. The molecule has 0 bridgehead atoms. The van der Waals surface area contributed by atoms with Crippen LogP contribution in [0.15, 0.2) is 54.6 Å². The molecule has 2 heteroatoms. The molecule has 19 heavy (non-hydrogen) atoms. The Balaban J connectivity index is 2.24. The summed E-state index contributed by atoms with van der Waals surface area (Å²) in [6, 6.07) is 15.2. The Morgan fingerprint density at radius 2 is 1.74 bits per heavy atom. The second kappa shape index (κ2) is 6.01. The van der Waals surface area contributed by atoms with Crippen LogP contribution in [0.5, 0.6) is 5.75 Å². The Labute approximate surface area is 113 Å². The Morgan fingerprint density at radius 1 is 1.05 bits per heavy atom. The first-order chi connectivity index (χ1) is 9.22. The fourth-order valence-corrected chi connectivity index (χ4v) is 1.88. The molecule has 96 valence electrons. The molecule has 2 aromatic rings. The molecule has 0 amide bonds. The maximum absolute atomic E-state index is 12.1. The van der Waals surface area contributed by atoms with Gasteiger partial charge in [0, 0.05) is 0 Å². The van der Waals surface area contributed by atoms with Gasteiger partial charge in [0.15, 0.2) is 5.78 Å². The smallest absolute Gasteiger partial charge is 0.189 e. The third kappa shape index (κ3) is 3.10. The summed E-state index contributed by atoms with van der Waals surface area (Å²) in [5, 5.41) is 0. The van der Waals surface area contributed by atoms with Crippen LogP contribution in [0.1, 0.15) is 21.5 Å². The molecule has 0 aliphatic heterocycles. The molecule has 0 saturated carbocycles. The van der Waals surface area contributed by atoms with Crippen LogP contribution in [-0.4, -0.2) is 12.9 Å². The second-order valence-corrected chi connectivity index (χ2v) is 4.25. The van der Waals surface area contributed by atoms with Gasteiger partial charge in [0.05, 0.1) is 12.7 Å². The molecule has 0 aromatic heterocycles. The molecule has 0 aliphatic carbocycles. The van der Waals surface area contributed by atoms with E-state index in [1.54, 1.807) is 25.3 Å². The number of para-hydroxylation sites is 1. The molecule has 0 fully saturated rings.